The predicted octanol–water partition coefficient (Wildman–Crippen LogP) is 0.849. The number of aliphatic imine (C=N–C) groups is 1. The van der Waals surface area contributed by atoms with E-state index in [1.807, 2.05) is 0 Å². The summed E-state index contributed by atoms with van der Waals surface area (Å²) >= 11 is 0. The van der Waals surface area contributed by atoms with Crippen molar-refractivity contribution in [1.82, 2.24) is 0 Å². The maximum Gasteiger partial charge on any atom is 0.0882 e. The van der Waals surface area contributed by atoms with Crippen LogP contribution in [0.1, 0.15) is 12.8 Å². The molecule has 0 bridgehead atoms. The van der Waals surface area contributed by atoms with Gasteiger partial charge in [0, 0.05) is 11.6 Å². The second kappa shape index (κ2) is 0.575. The van der Waals surface area contributed by atoms with Crippen molar-refractivity contribution in [1.29, 1.82) is 0 Å². The van der Waals surface area contributed by atoms with Crippen LogP contribution in [0, 0.1) is 11.8 Å². The smallest absolute Gasteiger partial charge is 0.0882 e. The third-order valence-corrected chi connectivity index (χ3v) is 2.41. The average Bonchev–Trinajstić information content (AvgIpc) is 2.47. The zero-order valence-corrected chi connectivity index (χ0v) is 4.09. The highest BCUT2D eigenvalue weighted by Gasteiger charge is 2.56. The SMILES string of the molecule is C1C2C[C@H]3N=C3C12. The second-order valence-corrected chi connectivity index (χ2v) is 2.91. The lowest BCUT2D eigenvalue weighted by molar-refractivity contribution is 0.743. The van der Waals surface area contributed by atoms with Crippen LogP contribution in [-0.2, 0) is 0 Å². The van der Waals surface area contributed by atoms with Crippen LogP contribution in [0.5, 0.6) is 0 Å². The first-order valence-electron chi connectivity index (χ1n) is 3.03. The highest BCUT2D eigenvalue weighted by Crippen LogP contribution is 2.56. The van der Waals surface area contributed by atoms with Crippen LogP contribution >= 0.6 is 0 Å². The van der Waals surface area contributed by atoms with Crippen LogP contribution < -0.4 is 0 Å². The molecule has 0 saturated heterocycles. The molecule has 2 aliphatic carbocycles. The van der Waals surface area contributed by atoms with Crippen LogP contribution in [0.2, 0.25) is 0 Å². The Kier molecular flexibility index (Phi) is 0.234. The van der Waals surface area contributed by atoms with Crippen LogP contribution in [-0.4, -0.2) is 11.8 Å². The Balaban J connectivity index is 2.13. The first-order valence-corrected chi connectivity index (χ1v) is 3.03. The standard InChI is InChI=1S/C6H7N/c1-3-2-5-6(7-5)4(1)3/h3-5H,1-2H2/t3?,4?,5-/m1/s1. The monoisotopic (exact) mass is 93.1 g/mol. The number of hydrogen-bond donors (Lipinski definition) is 0. The fraction of sp³-hybridized carbons (Fsp3) is 0.833. The van der Waals surface area contributed by atoms with Crippen LogP contribution in [0.3, 0.4) is 0 Å². The minimum Gasteiger partial charge on any atom is -0.282 e. The predicted molar refractivity (Wildman–Crippen MR) is 27.4 cm³/mol. The molecule has 3 aliphatic rings. The summed E-state index contributed by atoms with van der Waals surface area (Å²) in [6.45, 7) is 0. The molecule has 3 rings (SSSR count). The van der Waals surface area contributed by atoms with Gasteiger partial charge in [-0.05, 0) is 18.8 Å². The zero-order chi connectivity index (χ0) is 4.43. The van der Waals surface area contributed by atoms with Gasteiger partial charge in [0.1, 0.15) is 0 Å². The summed E-state index contributed by atoms with van der Waals surface area (Å²) in [5.74, 6) is 2.11. The topological polar surface area (TPSA) is 12.4 Å². The van der Waals surface area contributed by atoms with Crippen molar-refractivity contribution in [3.63, 3.8) is 0 Å². The number of rotatable bonds is 0. The molecule has 0 radical (unpaired) electrons. The highest BCUT2D eigenvalue weighted by molar-refractivity contribution is 6.06. The minimum absolute atomic E-state index is 0.781. The quantitative estimate of drug-likeness (QED) is 0.421. The molecule has 1 heteroatoms. The molecule has 0 aromatic rings. The maximum atomic E-state index is 4.30. The summed E-state index contributed by atoms with van der Waals surface area (Å²) in [4.78, 5) is 4.30. The van der Waals surface area contributed by atoms with Gasteiger partial charge < -0.3 is 0 Å². The maximum absolute atomic E-state index is 4.30. The van der Waals surface area contributed by atoms with Crippen molar-refractivity contribution in [2.24, 2.45) is 16.8 Å². The van der Waals surface area contributed by atoms with Crippen molar-refractivity contribution in [2.45, 2.75) is 18.9 Å². The van der Waals surface area contributed by atoms with E-state index in [1.165, 1.54) is 12.8 Å². The molecule has 1 heterocycles. The lowest BCUT2D eigenvalue weighted by Crippen LogP contribution is -1.88. The molecule has 0 N–H and O–H groups in total. The van der Waals surface area contributed by atoms with Crippen molar-refractivity contribution in [2.75, 3.05) is 0 Å². The van der Waals surface area contributed by atoms with E-state index in [-0.39, 0.29) is 0 Å². The molecule has 1 nitrogen and oxygen atoms in total. The Morgan fingerprint density at radius 2 is 2.43 bits per heavy atom. The molecule has 0 spiro atoms. The molecule has 7 heavy (non-hydrogen) atoms. The lowest BCUT2D eigenvalue weighted by Gasteiger charge is -1.80. The van der Waals surface area contributed by atoms with E-state index in [1.54, 1.807) is 5.71 Å². The van der Waals surface area contributed by atoms with Gasteiger partial charge in [-0.2, -0.15) is 0 Å². The summed E-state index contributed by atoms with van der Waals surface area (Å²) in [6, 6.07) is 0.781. The third-order valence-electron chi connectivity index (χ3n) is 2.41. The summed E-state index contributed by atoms with van der Waals surface area (Å²) in [6.07, 6.45) is 2.90. The van der Waals surface area contributed by atoms with Gasteiger partial charge in [0.2, 0.25) is 0 Å². The van der Waals surface area contributed by atoms with E-state index >= 15 is 0 Å². The Bertz CT molecular complexity index is 160. The molecule has 36 valence electrons. The van der Waals surface area contributed by atoms with Gasteiger partial charge in [-0.1, -0.05) is 0 Å². The van der Waals surface area contributed by atoms with Gasteiger partial charge in [-0.25, -0.2) is 0 Å². The lowest BCUT2D eigenvalue weighted by atomic mass is 10.2. The van der Waals surface area contributed by atoms with Gasteiger partial charge in [0.05, 0.1) is 6.04 Å². The molecule has 1 aliphatic heterocycles. The van der Waals surface area contributed by atoms with Gasteiger partial charge in [0.15, 0.2) is 0 Å². The first-order chi connectivity index (χ1) is 3.45. The fourth-order valence-corrected chi connectivity index (χ4v) is 1.82. The second-order valence-electron chi connectivity index (χ2n) is 2.91. The van der Waals surface area contributed by atoms with E-state index in [0.717, 1.165) is 17.9 Å². The van der Waals surface area contributed by atoms with Crippen molar-refractivity contribution in [3.8, 4) is 0 Å². The molecule has 0 amide bonds. The fourth-order valence-electron chi connectivity index (χ4n) is 1.82. The van der Waals surface area contributed by atoms with Crippen LogP contribution in [0.15, 0.2) is 4.99 Å². The Morgan fingerprint density at radius 1 is 1.43 bits per heavy atom. The Hall–Kier alpha value is -0.330. The van der Waals surface area contributed by atoms with E-state index in [4.69, 9.17) is 0 Å². The Labute approximate surface area is 42.4 Å². The van der Waals surface area contributed by atoms with Gasteiger partial charge >= 0.3 is 0 Å². The number of nitrogens with zero attached hydrogens (tertiary/aromatic N) is 1. The van der Waals surface area contributed by atoms with Crippen LogP contribution in [0.25, 0.3) is 0 Å². The highest BCUT2D eigenvalue weighted by atomic mass is 15.0. The van der Waals surface area contributed by atoms with Gasteiger partial charge in [-0.15, -0.1) is 0 Å². The minimum atomic E-state index is 0.781. The molecule has 3 atom stereocenters. The van der Waals surface area contributed by atoms with E-state index < -0.39 is 0 Å². The molecular formula is C6H7N. The van der Waals surface area contributed by atoms with Crippen molar-refractivity contribution in [3.05, 3.63) is 0 Å². The largest absolute Gasteiger partial charge is 0.282 e. The molecule has 2 unspecified atom stereocenters. The summed E-state index contributed by atoms with van der Waals surface area (Å²) in [7, 11) is 0. The van der Waals surface area contributed by atoms with E-state index in [2.05, 4.69) is 4.99 Å². The summed E-state index contributed by atoms with van der Waals surface area (Å²) in [5, 5.41) is 0. The average molecular weight is 93.1 g/mol. The molecule has 2 saturated carbocycles. The van der Waals surface area contributed by atoms with Crippen molar-refractivity contribution >= 4 is 5.71 Å². The summed E-state index contributed by atoms with van der Waals surface area (Å²) < 4.78 is 0. The van der Waals surface area contributed by atoms with Crippen molar-refractivity contribution < 1.29 is 0 Å². The molecule has 0 aromatic heterocycles. The number of fused-ring (bicyclic) bond motifs is 3. The molecule has 2 fully saturated rings. The first kappa shape index (κ1) is 2.85. The summed E-state index contributed by atoms with van der Waals surface area (Å²) in [5.41, 5.74) is 1.57. The van der Waals surface area contributed by atoms with Gasteiger partial charge in [0.25, 0.3) is 0 Å². The van der Waals surface area contributed by atoms with E-state index in [0.29, 0.717) is 0 Å². The van der Waals surface area contributed by atoms with Gasteiger partial charge in [-0.3, -0.25) is 4.99 Å². The molecule has 0 aromatic carbocycles. The molecular weight excluding hydrogens is 86.1 g/mol. The zero-order valence-electron chi connectivity index (χ0n) is 4.09. The number of hydrogen-bond acceptors (Lipinski definition) is 1. The van der Waals surface area contributed by atoms with Crippen LogP contribution in [0.4, 0.5) is 0 Å². The third kappa shape index (κ3) is 0.197. The Morgan fingerprint density at radius 3 is 2.86 bits per heavy atom. The normalized spacial score (nSPS) is 60.6. The van der Waals surface area contributed by atoms with E-state index in [9.17, 15) is 0 Å².